The maximum atomic E-state index is 13.2. The van der Waals surface area contributed by atoms with E-state index in [1.54, 1.807) is 6.07 Å². The van der Waals surface area contributed by atoms with E-state index in [9.17, 15) is 9.50 Å². The zero-order chi connectivity index (χ0) is 13.9. The van der Waals surface area contributed by atoms with Crippen LogP contribution in [0.4, 0.5) is 4.39 Å². The van der Waals surface area contributed by atoms with E-state index in [2.05, 4.69) is 0 Å². The topological polar surface area (TPSA) is 20.2 Å². The Labute approximate surface area is 117 Å². The standard InChI is InChI=1S/C18H15FO/c19-15-8-3-5-13(11-15)12-18(20)17-10-4-7-14-6-1-2-9-16(14)17/h1-11,18,20H,12H2. The summed E-state index contributed by atoms with van der Waals surface area (Å²) < 4.78 is 13.2. The van der Waals surface area contributed by atoms with Gasteiger partial charge in [0.25, 0.3) is 0 Å². The van der Waals surface area contributed by atoms with E-state index in [0.717, 1.165) is 21.9 Å². The third-order valence-electron chi connectivity index (χ3n) is 3.50. The molecular weight excluding hydrogens is 251 g/mol. The van der Waals surface area contributed by atoms with Crippen molar-refractivity contribution in [2.24, 2.45) is 0 Å². The van der Waals surface area contributed by atoms with Crippen molar-refractivity contribution in [3.63, 3.8) is 0 Å². The van der Waals surface area contributed by atoms with Crippen molar-refractivity contribution in [2.45, 2.75) is 12.5 Å². The van der Waals surface area contributed by atoms with Crippen LogP contribution >= 0.6 is 0 Å². The SMILES string of the molecule is OC(Cc1cccc(F)c1)c1cccc2ccccc12. The van der Waals surface area contributed by atoms with E-state index in [1.165, 1.54) is 12.1 Å². The van der Waals surface area contributed by atoms with Gasteiger partial charge in [0.05, 0.1) is 6.10 Å². The number of rotatable bonds is 3. The van der Waals surface area contributed by atoms with E-state index < -0.39 is 6.10 Å². The summed E-state index contributed by atoms with van der Waals surface area (Å²) in [5.74, 6) is -0.271. The van der Waals surface area contributed by atoms with Crippen molar-refractivity contribution in [3.8, 4) is 0 Å². The second-order valence-electron chi connectivity index (χ2n) is 4.92. The first-order valence-corrected chi connectivity index (χ1v) is 6.64. The van der Waals surface area contributed by atoms with Gasteiger partial charge in [0, 0.05) is 6.42 Å². The minimum Gasteiger partial charge on any atom is -0.388 e. The Kier molecular flexibility index (Phi) is 3.48. The quantitative estimate of drug-likeness (QED) is 0.751. The van der Waals surface area contributed by atoms with Crippen LogP contribution in [0.15, 0.2) is 66.7 Å². The third-order valence-corrected chi connectivity index (χ3v) is 3.50. The lowest BCUT2D eigenvalue weighted by Gasteiger charge is -2.14. The van der Waals surface area contributed by atoms with Gasteiger partial charge in [-0.3, -0.25) is 0 Å². The molecule has 0 aliphatic carbocycles. The van der Waals surface area contributed by atoms with Crippen LogP contribution in [0.5, 0.6) is 0 Å². The largest absolute Gasteiger partial charge is 0.388 e. The summed E-state index contributed by atoms with van der Waals surface area (Å²) in [4.78, 5) is 0. The van der Waals surface area contributed by atoms with Crippen molar-refractivity contribution in [1.29, 1.82) is 0 Å². The Bertz CT molecular complexity index is 731. The summed E-state index contributed by atoms with van der Waals surface area (Å²) >= 11 is 0. The molecule has 0 aliphatic rings. The van der Waals surface area contributed by atoms with Crippen molar-refractivity contribution in [3.05, 3.63) is 83.7 Å². The fourth-order valence-corrected chi connectivity index (χ4v) is 2.54. The van der Waals surface area contributed by atoms with E-state index in [1.807, 2.05) is 48.5 Å². The molecule has 0 radical (unpaired) electrons. The first-order valence-electron chi connectivity index (χ1n) is 6.64. The third kappa shape index (κ3) is 2.56. The van der Waals surface area contributed by atoms with Crippen LogP contribution in [0.3, 0.4) is 0 Å². The van der Waals surface area contributed by atoms with Gasteiger partial charge in [-0.15, -0.1) is 0 Å². The van der Waals surface area contributed by atoms with Gasteiger partial charge >= 0.3 is 0 Å². The normalized spacial score (nSPS) is 12.5. The molecule has 0 amide bonds. The molecule has 3 rings (SSSR count). The van der Waals surface area contributed by atoms with Crippen LogP contribution in [0.1, 0.15) is 17.2 Å². The van der Waals surface area contributed by atoms with Gasteiger partial charge in [0.2, 0.25) is 0 Å². The number of aliphatic hydroxyl groups excluding tert-OH is 1. The predicted octanol–water partition coefficient (Wildman–Crippen LogP) is 4.26. The molecule has 1 N–H and O–H groups in total. The number of hydrogen-bond donors (Lipinski definition) is 1. The van der Waals surface area contributed by atoms with Crippen molar-refractivity contribution >= 4 is 10.8 Å². The molecule has 100 valence electrons. The van der Waals surface area contributed by atoms with Gasteiger partial charge in [-0.1, -0.05) is 54.6 Å². The molecule has 1 atom stereocenters. The monoisotopic (exact) mass is 266 g/mol. The Morgan fingerprint density at radius 3 is 2.50 bits per heavy atom. The minimum absolute atomic E-state index is 0.271. The van der Waals surface area contributed by atoms with Crippen LogP contribution in [0, 0.1) is 5.82 Å². The second kappa shape index (κ2) is 5.43. The minimum atomic E-state index is -0.636. The van der Waals surface area contributed by atoms with Gasteiger partial charge in [0.1, 0.15) is 5.82 Å². The van der Waals surface area contributed by atoms with Crippen LogP contribution in [0.25, 0.3) is 10.8 Å². The fraction of sp³-hybridized carbons (Fsp3) is 0.111. The maximum absolute atomic E-state index is 13.2. The van der Waals surface area contributed by atoms with Crippen LogP contribution in [0.2, 0.25) is 0 Å². The number of halogens is 1. The Hall–Kier alpha value is -2.19. The number of fused-ring (bicyclic) bond motifs is 1. The average Bonchev–Trinajstić information content (AvgIpc) is 2.46. The summed E-state index contributed by atoms with van der Waals surface area (Å²) in [5.41, 5.74) is 1.68. The van der Waals surface area contributed by atoms with Crippen LogP contribution in [-0.4, -0.2) is 5.11 Å². The Balaban J connectivity index is 1.94. The van der Waals surface area contributed by atoms with Crippen LogP contribution < -0.4 is 0 Å². The van der Waals surface area contributed by atoms with Gasteiger partial charge < -0.3 is 5.11 Å². The molecule has 20 heavy (non-hydrogen) atoms. The molecule has 0 fully saturated rings. The number of hydrogen-bond acceptors (Lipinski definition) is 1. The first kappa shape index (κ1) is 12.8. The average molecular weight is 266 g/mol. The van der Waals surface area contributed by atoms with Crippen molar-refractivity contribution in [1.82, 2.24) is 0 Å². The van der Waals surface area contributed by atoms with Crippen LogP contribution in [-0.2, 0) is 6.42 Å². The molecule has 2 heteroatoms. The summed E-state index contributed by atoms with van der Waals surface area (Å²) in [7, 11) is 0. The lowest BCUT2D eigenvalue weighted by atomic mass is 9.96. The van der Waals surface area contributed by atoms with Gasteiger partial charge in [-0.2, -0.15) is 0 Å². The molecule has 0 saturated carbocycles. The van der Waals surface area contributed by atoms with Gasteiger partial charge in [-0.25, -0.2) is 4.39 Å². The summed E-state index contributed by atoms with van der Waals surface area (Å²) in [6.07, 6.45) is -0.228. The van der Waals surface area contributed by atoms with E-state index in [0.29, 0.717) is 6.42 Å². The van der Waals surface area contributed by atoms with Gasteiger partial charge in [-0.05, 0) is 34.0 Å². The molecule has 1 nitrogen and oxygen atoms in total. The molecule has 0 spiro atoms. The highest BCUT2D eigenvalue weighted by atomic mass is 19.1. The van der Waals surface area contributed by atoms with Crippen molar-refractivity contribution < 1.29 is 9.50 Å². The summed E-state index contributed by atoms with van der Waals surface area (Å²) in [6, 6.07) is 20.2. The number of aliphatic hydroxyl groups is 1. The Morgan fingerprint density at radius 1 is 0.900 bits per heavy atom. The smallest absolute Gasteiger partial charge is 0.123 e. The highest BCUT2D eigenvalue weighted by Crippen LogP contribution is 2.26. The van der Waals surface area contributed by atoms with E-state index in [4.69, 9.17) is 0 Å². The molecular formula is C18H15FO. The summed E-state index contributed by atoms with van der Waals surface area (Å²) in [5, 5.41) is 12.6. The summed E-state index contributed by atoms with van der Waals surface area (Å²) in [6.45, 7) is 0. The molecule has 3 aromatic carbocycles. The molecule has 1 unspecified atom stereocenters. The lowest BCUT2D eigenvalue weighted by molar-refractivity contribution is 0.180. The molecule has 0 aromatic heterocycles. The van der Waals surface area contributed by atoms with E-state index in [-0.39, 0.29) is 5.82 Å². The zero-order valence-electron chi connectivity index (χ0n) is 11.0. The lowest BCUT2D eigenvalue weighted by Crippen LogP contribution is -2.02. The second-order valence-corrected chi connectivity index (χ2v) is 4.92. The fourth-order valence-electron chi connectivity index (χ4n) is 2.54. The molecule has 0 aliphatic heterocycles. The van der Waals surface area contributed by atoms with Gasteiger partial charge in [0.15, 0.2) is 0 Å². The predicted molar refractivity (Wildman–Crippen MR) is 79.0 cm³/mol. The Morgan fingerprint density at radius 2 is 1.65 bits per heavy atom. The maximum Gasteiger partial charge on any atom is 0.123 e. The van der Waals surface area contributed by atoms with Crippen molar-refractivity contribution in [2.75, 3.05) is 0 Å². The highest BCUT2D eigenvalue weighted by Gasteiger charge is 2.12. The molecule has 0 bridgehead atoms. The van der Waals surface area contributed by atoms with E-state index >= 15 is 0 Å². The molecule has 0 saturated heterocycles. The molecule has 0 heterocycles. The highest BCUT2D eigenvalue weighted by molar-refractivity contribution is 5.85. The molecule has 3 aromatic rings. The number of benzene rings is 3. The first-order chi connectivity index (χ1) is 9.74. The zero-order valence-corrected chi connectivity index (χ0v) is 11.0.